The van der Waals surface area contributed by atoms with E-state index >= 15 is 0 Å². The smallest absolute Gasteiger partial charge is 0.275 e. The molecule has 2 heterocycles. The van der Waals surface area contributed by atoms with E-state index in [-0.39, 0.29) is 18.3 Å². The average Bonchev–Trinajstić information content (AvgIpc) is 3.57. The summed E-state index contributed by atoms with van der Waals surface area (Å²) in [5.74, 6) is -1.76. The molecule has 2 amide bonds. The molecule has 0 bridgehead atoms. The van der Waals surface area contributed by atoms with Gasteiger partial charge in [0.05, 0.1) is 6.54 Å². The van der Waals surface area contributed by atoms with E-state index in [0.29, 0.717) is 30.1 Å². The van der Waals surface area contributed by atoms with E-state index < -0.39 is 34.1 Å². The van der Waals surface area contributed by atoms with Crippen LogP contribution in [0.4, 0.5) is 0 Å². The normalized spacial score (nSPS) is 16.4. The van der Waals surface area contributed by atoms with Crippen LogP contribution in [0.25, 0.3) is 0 Å². The summed E-state index contributed by atoms with van der Waals surface area (Å²) in [5, 5.41) is 17.8. The van der Waals surface area contributed by atoms with Gasteiger partial charge in [0.25, 0.3) is 10.2 Å². The van der Waals surface area contributed by atoms with E-state index in [1.807, 2.05) is 60.7 Å². The van der Waals surface area contributed by atoms with Crippen molar-refractivity contribution in [2.24, 2.45) is 10.9 Å². The highest BCUT2D eigenvalue weighted by Crippen LogP contribution is 2.31. The maximum atomic E-state index is 14.0. The maximum Gasteiger partial charge on any atom is 0.275 e. The van der Waals surface area contributed by atoms with Crippen molar-refractivity contribution in [3.8, 4) is 0 Å². The molecule has 38 heavy (non-hydrogen) atoms. The second-order valence-electron chi connectivity index (χ2n) is 8.89. The molecule has 1 aliphatic rings. The monoisotopic (exact) mass is 555 g/mol. The van der Waals surface area contributed by atoms with Gasteiger partial charge in [-0.05, 0) is 24.0 Å². The Morgan fingerprint density at radius 3 is 2.24 bits per heavy atom. The van der Waals surface area contributed by atoms with E-state index in [0.717, 1.165) is 11.1 Å². The highest BCUT2D eigenvalue weighted by molar-refractivity contribution is 7.87. The number of nitrogens with two attached hydrogens (primary N) is 2. The molecule has 0 saturated carbocycles. The number of amides is 2. The number of carbonyl (C=O) groups excluding carboxylic acids is 2. The zero-order valence-electron chi connectivity index (χ0n) is 20.4. The van der Waals surface area contributed by atoms with Crippen molar-refractivity contribution in [1.82, 2.24) is 19.9 Å². The standard InChI is InChI=1S/C25H29N7O4S2/c26-23(27)18-15-37-20(30-18)14-29-24(33)19-12-7-13-32(19)25(34)22(31-38(28,35)36)21(16-8-3-1-4-9-16)17-10-5-2-6-11-17/h1-6,8-11,15,19,21-22,31H,7,12-14H2,(H3,26,27)(H,29,33)(H2,28,35,36)/t19?,22-/m1/s1. The summed E-state index contributed by atoms with van der Waals surface area (Å²) in [4.78, 5) is 32.7. The van der Waals surface area contributed by atoms with Crippen LogP contribution in [0.5, 0.6) is 0 Å². The Bertz CT molecular complexity index is 1360. The molecule has 200 valence electrons. The topological polar surface area (TPSA) is 184 Å². The second kappa shape index (κ2) is 11.8. The molecule has 0 radical (unpaired) electrons. The van der Waals surface area contributed by atoms with Crippen molar-refractivity contribution >= 4 is 39.2 Å². The lowest BCUT2D eigenvalue weighted by atomic mass is 9.84. The lowest BCUT2D eigenvalue weighted by Crippen LogP contribution is -2.56. The van der Waals surface area contributed by atoms with Gasteiger partial charge in [0, 0.05) is 17.8 Å². The number of likely N-dealkylation sites (tertiary alicyclic amines) is 1. The number of benzene rings is 2. The Hall–Kier alpha value is -3.65. The molecular weight excluding hydrogens is 526 g/mol. The number of hydrogen-bond acceptors (Lipinski definition) is 7. The zero-order chi connectivity index (χ0) is 27.3. The minimum Gasteiger partial charge on any atom is -0.382 e. The number of aromatic nitrogens is 1. The number of hydrogen-bond donors (Lipinski definition) is 5. The molecule has 0 spiro atoms. The van der Waals surface area contributed by atoms with Gasteiger partial charge in [-0.2, -0.15) is 13.1 Å². The van der Waals surface area contributed by atoms with Crippen LogP contribution < -0.4 is 20.9 Å². The number of nitrogens with one attached hydrogen (secondary N) is 3. The minimum atomic E-state index is -4.28. The molecule has 0 aliphatic carbocycles. The van der Waals surface area contributed by atoms with E-state index in [2.05, 4.69) is 15.0 Å². The summed E-state index contributed by atoms with van der Waals surface area (Å²) >= 11 is 1.26. The molecule has 1 aromatic heterocycles. The van der Waals surface area contributed by atoms with Crippen molar-refractivity contribution in [2.45, 2.75) is 37.4 Å². The predicted molar refractivity (Wildman–Crippen MR) is 144 cm³/mol. The van der Waals surface area contributed by atoms with Gasteiger partial charge in [0.1, 0.15) is 28.6 Å². The first-order valence-electron chi connectivity index (χ1n) is 11.9. The molecule has 11 nitrogen and oxygen atoms in total. The SMILES string of the molecule is N=C(N)c1csc(CNC(=O)C2CCCN2C(=O)[C@H](NS(N)(=O)=O)C(c2ccccc2)c2ccccc2)n1. The molecular formula is C25H29N7O4S2. The molecule has 2 aromatic carbocycles. The fourth-order valence-corrected chi connectivity index (χ4v) is 5.94. The van der Waals surface area contributed by atoms with Crippen LogP contribution in [0.2, 0.25) is 0 Å². The lowest BCUT2D eigenvalue weighted by Gasteiger charge is -2.33. The van der Waals surface area contributed by atoms with Crippen LogP contribution in [0.15, 0.2) is 66.0 Å². The van der Waals surface area contributed by atoms with E-state index in [9.17, 15) is 18.0 Å². The zero-order valence-corrected chi connectivity index (χ0v) is 22.0. The third-order valence-corrected chi connectivity index (χ3v) is 7.72. The van der Waals surface area contributed by atoms with Crippen molar-refractivity contribution in [3.63, 3.8) is 0 Å². The number of nitrogens with zero attached hydrogens (tertiary/aromatic N) is 2. The molecule has 1 aliphatic heterocycles. The molecule has 2 atom stereocenters. The largest absolute Gasteiger partial charge is 0.382 e. The van der Waals surface area contributed by atoms with Gasteiger partial charge < -0.3 is 16.0 Å². The number of amidine groups is 1. The van der Waals surface area contributed by atoms with Crippen molar-refractivity contribution in [2.75, 3.05) is 6.54 Å². The fourth-order valence-electron chi connectivity index (χ4n) is 4.61. The van der Waals surface area contributed by atoms with E-state index in [1.54, 1.807) is 5.38 Å². The molecule has 7 N–H and O–H groups in total. The summed E-state index contributed by atoms with van der Waals surface area (Å²) in [6.45, 7) is 0.409. The number of carbonyl (C=O) groups is 2. The second-order valence-corrected chi connectivity index (χ2v) is 11.2. The average molecular weight is 556 g/mol. The van der Waals surface area contributed by atoms with E-state index in [1.165, 1.54) is 16.2 Å². The Morgan fingerprint density at radius 1 is 1.11 bits per heavy atom. The predicted octanol–water partition coefficient (Wildman–Crippen LogP) is 1.03. The number of nitrogen functional groups attached to an aromatic ring is 1. The molecule has 13 heteroatoms. The van der Waals surface area contributed by atoms with Crippen LogP contribution in [-0.2, 0) is 26.3 Å². The first-order chi connectivity index (χ1) is 18.1. The van der Waals surface area contributed by atoms with Crippen LogP contribution in [-0.4, -0.2) is 54.6 Å². The molecule has 1 fully saturated rings. The first kappa shape index (κ1) is 27.4. The Kier molecular flexibility index (Phi) is 8.52. The number of rotatable bonds is 10. The Morgan fingerprint density at radius 2 is 1.71 bits per heavy atom. The lowest BCUT2D eigenvalue weighted by molar-refractivity contribution is -0.140. The molecule has 4 rings (SSSR count). The molecule has 1 saturated heterocycles. The van der Waals surface area contributed by atoms with Crippen molar-refractivity contribution in [3.05, 3.63) is 87.9 Å². The van der Waals surface area contributed by atoms with Gasteiger partial charge in [-0.3, -0.25) is 15.0 Å². The molecule has 1 unspecified atom stereocenters. The fraction of sp³-hybridized carbons (Fsp3) is 0.280. The van der Waals surface area contributed by atoms with Gasteiger partial charge in [-0.25, -0.2) is 10.1 Å². The summed E-state index contributed by atoms with van der Waals surface area (Å²) in [7, 11) is -4.28. The van der Waals surface area contributed by atoms with Gasteiger partial charge in [-0.1, -0.05) is 60.7 Å². The highest BCUT2D eigenvalue weighted by atomic mass is 32.2. The molecule has 3 aromatic rings. The van der Waals surface area contributed by atoms with Crippen molar-refractivity contribution < 1.29 is 18.0 Å². The maximum absolute atomic E-state index is 14.0. The summed E-state index contributed by atoms with van der Waals surface area (Å²) < 4.78 is 26.8. The van der Waals surface area contributed by atoms with Gasteiger partial charge >= 0.3 is 0 Å². The summed E-state index contributed by atoms with van der Waals surface area (Å²) in [6, 6.07) is 16.1. The number of thiazole rings is 1. The summed E-state index contributed by atoms with van der Waals surface area (Å²) in [5.41, 5.74) is 7.23. The Labute approximate surface area is 224 Å². The van der Waals surface area contributed by atoms with Crippen LogP contribution in [0, 0.1) is 5.41 Å². The summed E-state index contributed by atoms with van der Waals surface area (Å²) in [6.07, 6.45) is 1.01. The highest BCUT2D eigenvalue weighted by Gasteiger charge is 2.42. The Balaban J connectivity index is 1.61. The van der Waals surface area contributed by atoms with Crippen molar-refractivity contribution in [1.29, 1.82) is 5.41 Å². The van der Waals surface area contributed by atoms with Crippen LogP contribution in [0.3, 0.4) is 0 Å². The third kappa shape index (κ3) is 6.61. The first-order valence-corrected chi connectivity index (χ1v) is 14.3. The van der Waals surface area contributed by atoms with Crippen LogP contribution in [0.1, 0.15) is 40.6 Å². The van der Waals surface area contributed by atoms with Gasteiger partial charge in [-0.15, -0.1) is 11.3 Å². The van der Waals surface area contributed by atoms with Gasteiger partial charge in [0.2, 0.25) is 11.8 Å². The van der Waals surface area contributed by atoms with Crippen LogP contribution >= 0.6 is 11.3 Å². The van der Waals surface area contributed by atoms with Gasteiger partial charge in [0.15, 0.2) is 0 Å². The third-order valence-electron chi connectivity index (χ3n) is 6.29. The van der Waals surface area contributed by atoms with E-state index in [4.69, 9.17) is 16.3 Å². The minimum absolute atomic E-state index is 0.116. The quantitative estimate of drug-likeness (QED) is 0.184.